The minimum absolute atomic E-state index is 0.483. The maximum absolute atomic E-state index is 5.60. The van der Waals surface area contributed by atoms with Crippen LogP contribution in [-0.4, -0.2) is 15.0 Å². The molecule has 3 aromatic heterocycles. The molecule has 0 fully saturated rings. The lowest BCUT2D eigenvalue weighted by molar-refractivity contribution is 0.723. The van der Waals surface area contributed by atoms with Gasteiger partial charge in [0.15, 0.2) is 5.82 Å². The molecule has 12 aromatic rings. The van der Waals surface area contributed by atoms with Gasteiger partial charge in [0.2, 0.25) is 0 Å². The molecule has 0 amide bonds. The van der Waals surface area contributed by atoms with Gasteiger partial charge < -0.3 is 0 Å². The smallest absolute Gasteiger partial charge is 0.160 e. The van der Waals surface area contributed by atoms with Gasteiger partial charge in [-0.3, -0.25) is 0 Å². The molecule has 1 aliphatic heterocycles. The molecule has 0 bridgehead atoms. The zero-order valence-corrected chi connectivity index (χ0v) is 36.5. The van der Waals surface area contributed by atoms with Crippen LogP contribution in [0.1, 0.15) is 22.3 Å². The second-order valence-electron chi connectivity index (χ2n) is 17.0. The number of pyridine rings is 1. The van der Waals surface area contributed by atoms with Crippen LogP contribution in [0.3, 0.4) is 0 Å². The van der Waals surface area contributed by atoms with E-state index >= 15 is 0 Å². The van der Waals surface area contributed by atoms with E-state index in [1.165, 1.54) is 68.7 Å². The van der Waals surface area contributed by atoms with Gasteiger partial charge in [-0.2, -0.15) is 0 Å². The van der Waals surface area contributed by atoms with Gasteiger partial charge in [0.05, 0.1) is 28.0 Å². The van der Waals surface area contributed by atoms with E-state index in [2.05, 4.69) is 206 Å². The molecule has 0 atom stereocenters. The van der Waals surface area contributed by atoms with Crippen molar-refractivity contribution < 1.29 is 0 Å². The SMILES string of the molecule is c1ccc(-c2nc(-c3ccc4c(c3)nc(-c3ccccc3)c3cc5c(cc34)C3(c4ccccc4Sc4ccccc43)c3ccccc3-5)cc(-c3cccc4c3sc3ccccc34)n2)cc1. The number of benzene rings is 9. The quantitative estimate of drug-likeness (QED) is 0.165. The highest BCUT2D eigenvalue weighted by Crippen LogP contribution is 2.63. The van der Waals surface area contributed by atoms with Crippen LogP contribution in [0.5, 0.6) is 0 Å². The minimum atomic E-state index is -0.483. The van der Waals surface area contributed by atoms with E-state index in [-0.39, 0.29) is 0 Å². The number of rotatable bonds is 4. The first-order valence-corrected chi connectivity index (χ1v) is 23.6. The van der Waals surface area contributed by atoms with Crippen LogP contribution in [-0.2, 0) is 5.41 Å². The van der Waals surface area contributed by atoms with Gasteiger partial charge in [-0.05, 0) is 81.2 Å². The number of nitrogens with zero attached hydrogens (tertiary/aromatic N) is 3. The van der Waals surface area contributed by atoms with Crippen molar-refractivity contribution in [2.24, 2.45) is 0 Å². The fourth-order valence-electron chi connectivity index (χ4n) is 10.7. The van der Waals surface area contributed by atoms with Gasteiger partial charge in [-0.1, -0.05) is 182 Å². The molecule has 1 spiro atoms. The van der Waals surface area contributed by atoms with Gasteiger partial charge in [-0.15, -0.1) is 11.3 Å². The largest absolute Gasteiger partial charge is 0.247 e. The van der Waals surface area contributed by atoms with Crippen LogP contribution in [0, 0.1) is 0 Å². The molecule has 0 N–H and O–H groups in total. The summed E-state index contributed by atoms with van der Waals surface area (Å²) >= 11 is 3.70. The van der Waals surface area contributed by atoms with E-state index in [1.54, 1.807) is 0 Å². The van der Waals surface area contributed by atoms with Gasteiger partial charge in [0.1, 0.15) is 0 Å². The number of thiophene rings is 1. The van der Waals surface area contributed by atoms with E-state index in [0.717, 1.165) is 55.6 Å². The molecule has 1 aliphatic carbocycles. The first kappa shape index (κ1) is 36.8. The Morgan fingerprint density at radius 2 is 1.00 bits per heavy atom. The molecular formula is C60H35N3S2. The molecule has 0 saturated carbocycles. The maximum atomic E-state index is 5.60. The van der Waals surface area contributed by atoms with Crippen LogP contribution in [0.4, 0.5) is 0 Å². The van der Waals surface area contributed by atoms with Crippen molar-refractivity contribution in [1.29, 1.82) is 0 Å². The zero-order valence-electron chi connectivity index (χ0n) is 34.9. The topological polar surface area (TPSA) is 38.7 Å². The Hall–Kier alpha value is -7.70. The van der Waals surface area contributed by atoms with Gasteiger partial charge in [0.25, 0.3) is 0 Å². The molecular weight excluding hydrogens is 827 g/mol. The highest BCUT2D eigenvalue weighted by atomic mass is 32.2. The van der Waals surface area contributed by atoms with E-state index in [4.69, 9.17) is 15.0 Å². The number of hydrogen-bond donors (Lipinski definition) is 0. The molecule has 4 heterocycles. The third-order valence-electron chi connectivity index (χ3n) is 13.5. The van der Waals surface area contributed by atoms with Crippen molar-refractivity contribution >= 4 is 64.9 Å². The number of hydrogen-bond acceptors (Lipinski definition) is 5. The van der Waals surface area contributed by atoms with E-state index < -0.39 is 5.41 Å². The molecule has 0 radical (unpaired) electrons. The minimum Gasteiger partial charge on any atom is -0.247 e. The lowest BCUT2D eigenvalue weighted by Crippen LogP contribution is -2.31. The fraction of sp³-hybridized carbons (Fsp3) is 0.0167. The Bertz CT molecular complexity index is 3890. The van der Waals surface area contributed by atoms with Crippen molar-refractivity contribution in [3.63, 3.8) is 0 Å². The van der Waals surface area contributed by atoms with E-state index in [1.807, 2.05) is 29.2 Å². The summed E-state index contributed by atoms with van der Waals surface area (Å²) in [6.45, 7) is 0. The summed E-state index contributed by atoms with van der Waals surface area (Å²) < 4.78 is 2.50. The summed E-state index contributed by atoms with van der Waals surface area (Å²) in [5, 5.41) is 5.95. The standard InChI is InChI=1S/C60H35N3S2/c1-3-16-36(17-4-1)57-46-33-45-39-20-7-9-24-47(39)60(48-25-10-13-28-55(48)64-56-29-14-11-26-49(56)60)50(45)34-44(46)40-31-30-38(32-52(40)61-57)51-35-53(63-59(62-51)37-18-5-2-6-19-37)43-23-15-22-42-41-21-8-12-27-54(41)65-58(42)43/h1-35H. The molecule has 65 heavy (non-hydrogen) atoms. The Balaban J connectivity index is 1.03. The van der Waals surface area contributed by atoms with Crippen LogP contribution in [0.2, 0.25) is 0 Å². The van der Waals surface area contributed by atoms with Gasteiger partial charge in [-0.25, -0.2) is 15.0 Å². The first-order valence-electron chi connectivity index (χ1n) is 22.0. The van der Waals surface area contributed by atoms with Crippen molar-refractivity contribution in [2.75, 3.05) is 0 Å². The summed E-state index contributed by atoms with van der Waals surface area (Å²) in [6, 6.07) is 77.2. The van der Waals surface area contributed by atoms with Crippen LogP contribution >= 0.6 is 23.1 Å². The average Bonchev–Trinajstić information content (AvgIpc) is 3.89. The summed E-state index contributed by atoms with van der Waals surface area (Å²) in [5.41, 5.74) is 15.2. The Kier molecular flexibility index (Phi) is 8.00. The van der Waals surface area contributed by atoms with Crippen molar-refractivity contribution in [1.82, 2.24) is 15.0 Å². The van der Waals surface area contributed by atoms with Crippen LogP contribution in [0.25, 0.3) is 98.1 Å². The predicted molar refractivity (Wildman–Crippen MR) is 271 cm³/mol. The fourth-order valence-corrected chi connectivity index (χ4v) is 13.1. The van der Waals surface area contributed by atoms with Gasteiger partial charge >= 0.3 is 0 Å². The molecule has 5 heteroatoms. The summed E-state index contributed by atoms with van der Waals surface area (Å²) in [7, 11) is 0. The zero-order chi connectivity index (χ0) is 42.6. The normalized spacial score (nSPS) is 13.3. The Labute approximate surface area is 383 Å². The van der Waals surface area contributed by atoms with Crippen molar-refractivity contribution in [2.45, 2.75) is 15.2 Å². The number of aromatic nitrogens is 3. The summed E-state index contributed by atoms with van der Waals surface area (Å²) in [4.78, 5) is 18.8. The van der Waals surface area contributed by atoms with E-state index in [9.17, 15) is 0 Å². The highest BCUT2D eigenvalue weighted by molar-refractivity contribution is 7.99. The monoisotopic (exact) mass is 861 g/mol. The maximum Gasteiger partial charge on any atom is 0.160 e. The van der Waals surface area contributed by atoms with Crippen LogP contribution in [0.15, 0.2) is 222 Å². The second-order valence-corrected chi connectivity index (χ2v) is 19.1. The molecule has 9 aromatic carbocycles. The second kappa shape index (κ2) is 14.2. The molecule has 14 rings (SSSR count). The summed E-state index contributed by atoms with van der Waals surface area (Å²) in [6.07, 6.45) is 0. The lowest BCUT2D eigenvalue weighted by atomic mass is 9.67. The summed E-state index contributed by atoms with van der Waals surface area (Å²) in [5.74, 6) is 0.694. The third-order valence-corrected chi connectivity index (χ3v) is 15.9. The first-order chi connectivity index (χ1) is 32.2. The molecule has 0 unspecified atom stereocenters. The third kappa shape index (κ3) is 5.40. The molecule has 3 nitrogen and oxygen atoms in total. The van der Waals surface area contributed by atoms with Crippen molar-refractivity contribution in [3.8, 4) is 56.3 Å². The number of fused-ring (bicyclic) bond motifs is 15. The average molecular weight is 862 g/mol. The van der Waals surface area contributed by atoms with Crippen LogP contribution < -0.4 is 0 Å². The van der Waals surface area contributed by atoms with Gasteiger partial charge in [0, 0.05) is 63.0 Å². The predicted octanol–water partition coefficient (Wildman–Crippen LogP) is 16.0. The van der Waals surface area contributed by atoms with Crippen molar-refractivity contribution in [3.05, 3.63) is 235 Å². The molecule has 2 aliphatic rings. The highest BCUT2D eigenvalue weighted by Gasteiger charge is 2.50. The lowest BCUT2D eigenvalue weighted by Gasteiger charge is -2.39. The Morgan fingerprint density at radius 3 is 1.80 bits per heavy atom. The molecule has 0 saturated heterocycles. The van der Waals surface area contributed by atoms with E-state index in [0.29, 0.717) is 5.82 Å². The molecule has 302 valence electrons. The Morgan fingerprint density at radius 1 is 0.354 bits per heavy atom.